The van der Waals surface area contributed by atoms with E-state index in [0.717, 1.165) is 10.6 Å². The van der Waals surface area contributed by atoms with Crippen LogP contribution in [0.3, 0.4) is 0 Å². The van der Waals surface area contributed by atoms with Gasteiger partial charge in [0.25, 0.3) is 5.56 Å². The van der Waals surface area contributed by atoms with Crippen LogP contribution in [0.2, 0.25) is 0 Å². The fourth-order valence-electron chi connectivity index (χ4n) is 2.46. The summed E-state index contributed by atoms with van der Waals surface area (Å²) in [7, 11) is -2.67. The molecule has 1 aromatic rings. The van der Waals surface area contributed by atoms with Gasteiger partial charge in [0.05, 0.1) is 6.61 Å². The topological polar surface area (TPSA) is 120 Å². The Kier molecular flexibility index (Phi) is 3.19. The number of aromatic nitrogens is 2. The zero-order valence-corrected chi connectivity index (χ0v) is 11.4. The zero-order chi connectivity index (χ0) is 14.5. The number of aromatic amines is 1. The Morgan fingerprint density at radius 2 is 2.30 bits per heavy atom. The van der Waals surface area contributed by atoms with E-state index >= 15 is 0 Å². The molecule has 110 valence electrons. The van der Waals surface area contributed by atoms with Crippen LogP contribution in [-0.4, -0.2) is 39.1 Å². The monoisotopic (exact) mass is 304 g/mol. The van der Waals surface area contributed by atoms with Crippen molar-refractivity contribution in [1.82, 2.24) is 9.55 Å². The summed E-state index contributed by atoms with van der Waals surface area (Å²) < 4.78 is 27.9. The van der Waals surface area contributed by atoms with E-state index in [1.807, 2.05) is 0 Å². The summed E-state index contributed by atoms with van der Waals surface area (Å²) in [6.07, 6.45) is -1.36. The Labute approximate surface area is 113 Å². The van der Waals surface area contributed by atoms with Crippen molar-refractivity contribution in [2.45, 2.75) is 31.0 Å². The van der Waals surface area contributed by atoms with Crippen LogP contribution < -0.4 is 11.2 Å². The highest BCUT2D eigenvalue weighted by Gasteiger charge is 2.57. The summed E-state index contributed by atoms with van der Waals surface area (Å²) in [5.74, 6) is 0. The molecule has 2 fully saturated rings. The Morgan fingerprint density at radius 3 is 3.00 bits per heavy atom. The van der Waals surface area contributed by atoms with Crippen molar-refractivity contribution in [2.75, 3.05) is 6.61 Å². The highest BCUT2D eigenvalue weighted by Crippen LogP contribution is 2.47. The fraction of sp³-hybridized carbons (Fsp3) is 0.600. The van der Waals surface area contributed by atoms with Crippen LogP contribution in [0.15, 0.2) is 21.9 Å². The lowest BCUT2D eigenvalue weighted by Crippen LogP contribution is -2.48. The van der Waals surface area contributed by atoms with Gasteiger partial charge in [0.15, 0.2) is 6.23 Å². The third-order valence-corrected chi connectivity index (χ3v) is 4.26. The van der Waals surface area contributed by atoms with Gasteiger partial charge in [0, 0.05) is 12.3 Å². The third-order valence-electron chi connectivity index (χ3n) is 3.41. The first-order chi connectivity index (χ1) is 9.39. The van der Waals surface area contributed by atoms with Crippen LogP contribution in [-0.2, 0) is 18.3 Å². The number of aliphatic hydroxyl groups is 1. The molecule has 2 N–H and O–H groups in total. The lowest BCUT2D eigenvalue weighted by Gasteiger charge is -2.31. The molecule has 2 aliphatic heterocycles. The van der Waals surface area contributed by atoms with Crippen LogP contribution >= 0.6 is 8.25 Å². The molecule has 1 unspecified atom stereocenters. The van der Waals surface area contributed by atoms with Gasteiger partial charge >= 0.3 is 13.9 Å². The van der Waals surface area contributed by atoms with E-state index in [2.05, 4.69) is 4.98 Å². The largest absolute Gasteiger partial charge is 0.383 e. The van der Waals surface area contributed by atoms with Crippen molar-refractivity contribution >= 4 is 8.25 Å². The van der Waals surface area contributed by atoms with Crippen LogP contribution in [0.5, 0.6) is 0 Å². The van der Waals surface area contributed by atoms with Gasteiger partial charge < -0.3 is 18.9 Å². The highest BCUT2D eigenvalue weighted by molar-refractivity contribution is 7.33. The third kappa shape index (κ3) is 2.07. The molecule has 0 aromatic carbocycles. The summed E-state index contributed by atoms with van der Waals surface area (Å²) in [6.45, 7) is 1.42. The summed E-state index contributed by atoms with van der Waals surface area (Å²) >= 11 is 0. The summed E-state index contributed by atoms with van der Waals surface area (Å²) in [5.41, 5.74) is -2.85. The van der Waals surface area contributed by atoms with E-state index in [0.29, 0.717) is 0 Å². The first-order valence-electron chi connectivity index (χ1n) is 5.92. The molecule has 0 aliphatic carbocycles. The summed E-state index contributed by atoms with van der Waals surface area (Å²) in [5, 5.41) is 10.5. The SMILES string of the molecule is C[C@@]1(O)[C@@H]2O[PH](=O)OC[C@H]2O[C@H]1n1ccc(=O)[nH]c1=O. The highest BCUT2D eigenvalue weighted by atomic mass is 31.1. The number of rotatable bonds is 1. The van der Waals surface area contributed by atoms with E-state index in [9.17, 15) is 19.3 Å². The van der Waals surface area contributed by atoms with Crippen LogP contribution in [0.25, 0.3) is 0 Å². The van der Waals surface area contributed by atoms with Crippen LogP contribution in [0.4, 0.5) is 0 Å². The second kappa shape index (κ2) is 4.64. The maximum atomic E-state index is 11.8. The smallest absolute Gasteiger partial charge is 0.330 e. The number of nitrogens with one attached hydrogen (secondary N) is 1. The van der Waals surface area contributed by atoms with E-state index in [-0.39, 0.29) is 6.61 Å². The number of H-pyrrole nitrogens is 1. The molecule has 5 atom stereocenters. The Bertz CT molecular complexity index is 666. The standard InChI is InChI=1S/C10H13N2O7P/c1-10(15)7-5(4-17-20(16)19-7)18-8(10)12-3-2-6(13)11-9(12)14/h2-3,5,7-8,15,20H,4H2,1H3,(H,11,13,14)/t5-,7-,8-,10-/m1/s1. The number of fused-ring (bicyclic) bond motifs is 1. The van der Waals surface area contributed by atoms with E-state index in [1.54, 1.807) is 0 Å². The lowest BCUT2D eigenvalue weighted by molar-refractivity contribution is -0.0923. The summed E-state index contributed by atoms with van der Waals surface area (Å²) in [4.78, 5) is 24.9. The maximum Gasteiger partial charge on any atom is 0.330 e. The van der Waals surface area contributed by atoms with E-state index in [1.165, 1.54) is 13.1 Å². The van der Waals surface area contributed by atoms with E-state index < -0.39 is 43.5 Å². The maximum absolute atomic E-state index is 11.8. The fourth-order valence-corrected chi connectivity index (χ4v) is 3.43. The molecule has 0 saturated carbocycles. The molecule has 0 amide bonds. The molecule has 10 heteroatoms. The first-order valence-corrected chi connectivity index (χ1v) is 7.15. The second-order valence-electron chi connectivity index (χ2n) is 4.87. The van der Waals surface area contributed by atoms with Crippen molar-refractivity contribution < 1.29 is 23.5 Å². The minimum Gasteiger partial charge on any atom is -0.383 e. The van der Waals surface area contributed by atoms with Gasteiger partial charge in [0.2, 0.25) is 0 Å². The van der Waals surface area contributed by atoms with Gasteiger partial charge in [0.1, 0.15) is 17.8 Å². The van der Waals surface area contributed by atoms with Crippen LogP contribution in [0.1, 0.15) is 13.2 Å². The molecule has 1 aromatic heterocycles. The Hall–Kier alpha value is -1.25. The molecule has 0 spiro atoms. The molecule has 0 bridgehead atoms. The average Bonchev–Trinajstić information content (AvgIpc) is 2.62. The number of hydrogen-bond acceptors (Lipinski definition) is 7. The molecular weight excluding hydrogens is 291 g/mol. The molecule has 2 saturated heterocycles. The minimum absolute atomic E-state index is 0.00716. The van der Waals surface area contributed by atoms with Crippen molar-refractivity contribution in [1.29, 1.82) is 0 Å². The molecule has 3 heterocycles. The molecule has 9 nitrogen and oxygen atoms in total. The number of nitrogens with zero attached hydrogens (tertiary/aromatic N) is 1. The van der Waals surface area contributed by atoms with Gasteiger partial charge in [-0.25, -0.2) is 4.79 Å². The first kappa shape index (κ1) is 13.7. The summed E-state index contributed by atoms with van der Waals surface area (Å²) in [6, 6.07) is 1.14. The lowest BCUT2D eigenvalue weighted by atomic mass is 9.96. The van der Waals surface area contributed by atoms with Gasteiger partial charge in [-0.15, -0.1) is 0 Å². The van der Waals surface area contributed by atoms with Crippen molar-refractivity contribution in [2.24, 2.45) is 0 Å². The zero-order valence-electron chi connectivity index (χ0n) is 10.4. The quantitative estimate of drug-likeness (QED) is 0.638. The minimum atomic E-state index is -2.67. The molecular formula is C10H13N2O7P. The second-order valence-corrected chi connectivity index (χ2v) is 5.89. The van der Waals surface area contributed by atoms with Gasteiger partial charge in [-0.3, -0.25) is 18.9 Å². The van der Waals surface area contributed by atoms with Crippen molar-refractivity contribution in [3.63, 3.8) is 0 Å². The van der Waals surface area contributed by atoms with Crippen molar-refractivity contribution in [3.05, 3.63) is 33.1 Å². The Morgan fingerprint density at radius 1 is 1.55 bits per heavy atom. The van der Waals surface area contributed by atoms with E-state index in [4.69, 9.17) is 13.8 Å². The molecule has 0 radical (unpaired) electrons. The average molecular weight is 304 g/mol. The number of hydrogen-bond donors (Lipinski definition) is 2. The molecule has 2 aliphatic rings. The van der Waals surface area contributed by atoms with Gasteiger partial charge in [-0.05, 0) is 6.92 Å². The molecule has 3 rings (SSSR count). The number of ether oxygens (including phenoxy) is 1. The van der Waals surface area contributed by atoms with Gasteiger partial charge in [-0.1, -0.05) is 0 Å². The Balaban J connectivity index is 2.00. The van der Waals surface area contributed by atoms with Crippen LogP contribution in [0, 0.1) is 0 Å². The predicted octanol–water partition coefficient (Wildman–Crippen LogP) is -1.01. The van der Waals surface area contributed by atoms with Crippen molar-refractivity contribution in [3.8, 4) is 0 Å². The molecule has 20 heavy (non-hydrogen) atoms. The van der Waals surface area contributed by atoms with Gasteiger partial charge in [-0.2, -0.15) is 0 Å². The normalized spacial score (nSPS) is 40.5. The predicted molar refractivity (Wildman–Crippen MR) is 65.7 cm³/mol.